The van der Waals surface area contributed by atoms with Crippen molar-refractivity contribution in [3.05, 3.63) is 82.7 Å². The normalized spacial score (nSPS) is 12.2. The minimum Gasteiger partial charge on any atom is -0.452 e. The SMILES string of the molecule is O=C(COC(=O)c1ccc2c3c(cccc13)CC2)NCc1ccccc1F. The molecule has 0 heterocycles. The number of ether oxygens (including phenoxy) is 1. The van der Waals surface area contributed by atoms with Crippen molar-refractivity contribution in [1.29, 1.82) is 0 Å². The second-order valence-corrected chi connectivity index (χ2v) is 6.56. The number of nitrogens with one attached hydrogen (secondary N) is 1. The van der Waals surface area contributed by atoms with Gasteiger partial charge in [0.1, 0.15) is 5.82 Å². The van der Waals surface area contributed by atoms with E-state index in [9.17, 15) is 14.0 Å². The van der Waals surface area contributed by atoms with Crippen molar-refractivity contribution in [2.75, 3.05) is 6.61 Å². The molecule has 0 aromatic heterocycles. The molecule has 1 amide bonds. The van der Waals surface area contributed by atoms with Crippen molar-refractivity contribution < 1.29 is 18.7 Å². The molecular weight excluding hydrogens is 345 g/mol. The molecule has 5 heteroatoms. The summed E-state index contributed by atoms with van der Waals surface area (Å²) in [5.74, 6) is -1.40. The number of hydrogen-bond acceptors (Lipinski definition) is 3. The molecule has 0 fully saturated rings. The van der Waals surface area contributed by atoms with Gasteiger partial charge in [0.25, 0.3) is 5.91 Å². The number of hydrogen-bond donors (Lipinski definition) is 1. The average Bonchev–Trinajstić information content (AvgIpc) is 3.11. The van der Waals surface area contributed by atoms with Crippen LogP contribution in [0.1, 0.15) is 27.0 Å². The minimum absolute atomic E-state index is 0.0457. The molecule has 136 valence electrons. The molecular formula is C22H18FNO3. The Bertz CT molecular complexity index is 1030. The quantitative estimate of drug-likeness (QED) is 0.706. The van der Waals surface area contributed by atoms with Gasteiger partial charge in [-0.2, -0.15) is 0 Å². The molecule has 1 aliphatic rings. The number of carbonyl (C=O) groups is 2. The van der Waals surface area contributed by atoms with E-state index in [1.54, 1.807) is 24.3 Å². The lowest BCUT2D eigenvalue weighted by Crippen LogP contribution is -2.28. The summed E-state index contributed by atoms with van der Waals surface area (Å²) in [6.07, 6.45) is 1.95. The van der Waals surface area contributed by atoms with Crippen LogP contribution >= 0.6 is 0 Å². The second-order valence-electron chi connectivity index (χ2n) is 6.56. The average molecular weight is 363 g/mol. The Balaban J connectivity index is 1.41. The third kappa shape index (κ3) is 3.40. The van der Waals surface area contributed by atoms with Crippen LogP contribution in [0.3, 0.4) is 0 Å². The Kier molecular flexibility index (Phi) is 4.59. The molecule has 4 nitrogen and oxygen atoms in total. The van der Waals surface area contributed by atoms with Crippen molar-refractivity contribution >= 4 is 22.6 Å². The maximum atomic E-state index is 13.6. The first-order chi connectivity index (χ1) is 13.1. The molecule has 3 aromatic carbocycles. The minimum atomic E-state index is -0.536. The van der Waals surface area contributed by atoms with Crippen molar-refractivity contribution in [2.24, 2.45) is 0 Å². The Morgan fingerprint density at radius 1 is 0.963 bits per heavy atom. The lowest BCUT2D eigenvalue weighted by atomic mass is 10.00. The predicted octanol–water partition coefficient (Wildman–Crippen LogP) is 3.55. The number of halogens is 1. The van der Waals surface area contributed by atoms with Crippen molar-refractivity contribution in [3.8, 4) is 0 Å². The van der Waals surface area contributed by atoms with Gasteiger partial charge in [-0.1, -0.05) is 42.5 Å². The van der Waals surface area contributed by atoms with Crippen LogP contribution in [0.25, 0.3) is 10.8 Å². The van der Waals surface area contributed by atoms with Crippen LogP contribution in [0.15, 0.2) is 54.6 Å². The van der Waals surface area contributed by atoms with E-state index in [1.807, 2.05) is 18.2 Å². The Morgan fingerprint density at radius 3 is 2.56 bits per heavy atom. The van der Waals surface area contributed by atoms with Crippen LogP contribution in [0, 0.1) is 5.82 Å². The summed E-state index contributed by atoms with van der Waals surface area (Å²) >= 11 is 0. The maximum absolute atomic E-state index is 13.6. The van der Waals surface area contributed by atoms with Gasteiger partial charge >= 0.3 is 5.97 Å². The van der Waals surface area contributed by atoms with Crippen LogP contribution in [0.4, 0.5) is 4.39 Å². The van der Waals surface area contributed by atoms with Gasteiger partial charge in [-0.3, -0.25) is 4.79 Å². The van der Waals surface area contributed by atoms with E-state index in [0.29, 0.717) is 11.1 Å². The first-order valence-electron chi connectivity index (χ1n) is 8.84. The summed E-state index contributed by atoms with van der Waals surface area (Å²) in [4.78, 5) is 24.4. The zero-order valence-electron chi connectivity index (χ0n) is 14.6. The monoisotopic (exact) mass is 363 g/mol. The van der Waals surface area contributed by atoms with Gasteiger partial charge in [-0.15, -0.1) is 0 Å². The van der Waals surface area contributed by atoms with Crippen molar-refractivity contribution in [3.63, 3.8) is 0 Å². The fraction of sp³-hybridized carbons (Fsp3) is 0.182. The summed E-state index contributed by atoms with van der Waals surface area (Å²) < 4.78 is 18.7. The molecule has 1 aliphatic carbocycles. The number of amides is 1. The van der Waals surface area contributed by atoms with E-state index in [0.717, 1.165) is 23.6 Å². The molecule has 1 N–H and O–H groups in total. The van der Waals surface area contributed by atoms with Crippen LogP contribution in [-0.4, -0.2) is 18.5 Å². The lowest BCUT2D eigenvalue weighted by Gasteiger charge is -2.10. The summed E-state index contributed by atoms with van der Waals surface area (Å²) in [6, 6.07) is 15.8. The Hall–Kier alpha value is -3.21. The van der Waals surface area contributed by atoms with Gasteiger partial charge in [0.2, 0.25) is 0 Å². The number of benzene rings is 3. The summed E-state index contributed by atoms with van der Waals surface area (Å²) in [5, 5.41) is 4.54. The topological polar surface area (TPSA) is 55.4 Å². The van der Waals surface area contributed by atoms with Crippen molar-refractivity contribution in [1.82, 2.24) is 5.32 Å². The van der Waals surface area contributed by atoms with Crippen LogP contribution < -0.4 is 5.32 Å². The molecule has 0 atom stereocenters. The number of rotatable bonds is 5. The second kappa shape index (κ2) is 7.19. The molecule has 0 bridgehead atoms. The van der Waals surface area contributed by atoms with Gasteiger partial charge < -0.3 is 10.1 Å². The van der Waals surface area contributed by atoms with E-state index < -0.39 is 18.5 Å². The molecule has 0 radical (unpaired) electrons. The highest BCUT2D eigenvalue weighted by atomic mass is 19.1. The summed E-state index contributed by atoms with van der Waals surface area (Å²) in [7, 11) is 0. The highest BCUT2D eigenvalue weighted by Gasteiger charge is 2.20. The standard InChI is InChI=1S/C22H18FNO3/c23-19-7-2-1-4-16(19)12-24-20(25)13-27-22(26)18-11-10-15-9-8-14-5-3-6-17(18)21(14)15/h1-7,10-11H,8-9,12-13H2,(H,24,25). The fourth-order valence-electron chi connectivity index (χ4n) is 3.52. The number of carbonyl (C=O) groups excluding carboxylic acids is 2. The third-order valence-corrected chi connectivity index (χ3v) is 4.87. The van der Waals surface area contributed by atoms with E-state index in [1.165, 1.54) is 17.2 Å². The van der Waals surface area contributed by atoms with Crippen LogP contribution in [0.2, 0.25) is 0 Å². The van der Waals surface area contributed by atoms with Gasteiger partial charge in [0, 0.05) is 12.1 Å². The van der Waals surface area contributed by atoms with Gasteiger partial charge in [-0.25, -0.2) is 9.18 Å². The highest BCUT2D eigenvalue weighted by molar-refractivity contribution is 6.07. The van der Waals surface area contributed by atoms with E-state index in [-0.39, 0.29) is 12.4 Å². The first-order valence-corrected chi connectivity index (χ1v) is 8.84. The lowest BCUT2D eigenvalue weighted by molar-refractivity contribution is -0.124. The molecule has 0 saturated heterocycles. The van der Waals surface area contributed by atoms with E-state index >= 15 is 0 Å². The Morgan fingerprint density at radius 2 is 1.74 bits per heavy atom. The summed E-state index contributed by atoms with van der Waals surface area (Å²) in [6.45, 7) is -0.361. The molecule has 0 unspecified atom stereocenters. The first kappa shape index (κ1) is 17.2. The number of esters is 1. The van der Waals surface area contributed by atoms with Gasteiger partial charge in [0.05, 0.1) is 5.56 Å². The summed E-state index contributed by atoms with van der Waals surface area (Å²) in [5.41, 5.74) is 3.31. The van der Waals surface area contributed by atoms with Crippen LogP contribution in [-0.2, 0) is 28.9 Å². The van der Waals surface area contributed by atoms with Crippen LogP contribution in [0.5, 0.6) is 0 Å². The molecule has 3 aromatic rings. The van der Waals surface area contributed by atoms with Gasteiger partial charge in [0.15, 0.2) is 6.61 Å². The largest absolute Gasteiger partial charge is 0.452 e. The van der Waals surface area contributed by atoms with E-state index in [4.69, 9.17) is 4.74 Å². The van der Waals surface area contributed by atoms with Gasteiger partial charge in [-0.05, 0) is 46.9 Å². The molecule has 0 aliphatic heterocycles. The zero-order valence-corrected chi connectivity index (χ0v) is 14.6. The van der Waals surface area contributed by atoms with E-state index in [2.05, 4.69) is 11.4 Å². The molecule has 0 spiro atoms. The van der Waals surface area contributed by atoms with Crippen molar-refractivity contribution in [2.45, 2.75) is 19.4 Å². The third-order valence-electron chi connectivity index (χ3n) is 4.87. The fourth-order valence-corrected chi connectivity index (χ4v) is 3.52. The zero-order chi connectivity index (χ0) is 18.8. The molecule has 27 heavy (non-hydrogen) atoms. The Labute approximate surface area is 156 Å². The smallest absolute Gasteiger partial charge is 0.339 e. The molecule has 4 rings (SSSR count). The highest BCUT2D eigenvalue weighted by Crippen LogP contribution is 2.32. The molecule has 0 saturated carbocycles. The maximum Gasteiger partial charge on any atom is 0.339 e. The number of aryl methyl sites for hydroxylation is 2. The predicted molar refractivity (Wildman–Crippen MR) is 99.9 cm³/mol.